The fourth-order valence-corrected chi connectivity index (χ4v) is 2.38. The summed E-state index contributed by atoms with van der Waals surface area (Å²) < 4.78 is 38.2. The van der Waals surface area contributed by atoms with E-state index in [1.807, 2.05) is 0 Å². The maximum atomic E-state index is 12.7. The number of rotatable bonds is 3. The Morgan fingerprint density at radius 3 is 2.60 bits per heavy atom. The Hall–Kier alpha value is -3.36. The van der Waals surface area contributed by atoms with E-state index in [4.69, 9.17) is 0 Å². The van der Waals surface area contributed by atoms with Crippen LogP contribution in [0.1, 0.15) is 15.9 Å². The van der Waals surface area contributed by atoms with Gasteiger partial charge in [-0.3, -0.25) is 14.9 Å². The highest BCUT2D eigenvalue weighted by atomic mass is 19.4. The van der Waals surface area contributed by atoms with E-state index in [9.17, 15) is 28.1 Å². The second kappa shape index (κ2) is 5.93. The van der Waals surface area contributed by atoms with E-state index in [0.717, 1.165) is 12.1 Å². The monoisotopic (exact) mass is 349 g/mol. The molecular weight excluding hydrogens is 339 g/mol. The lowest BCUT2D eigenvalue weighted by Crippen LogP contribution is -2.12. The molecule has 0 aliphatic rings. The van der Waals surface area contributed by atoms with Crippen molar-refractivity contribution in [2.45, 2.75) is 6.18 Å². The summed E-state index contributed by atoms with van der Waals surface area (Å²) in [6, 6.07) is 8.18. The van der Waals surface area contributed by atoms with Gasteiger partial charge < -0.3 is 10.3 Å². The van der Waals surface area contributed by atoms with Gasteiger partial charge in [0.05, 0.1) is 16.1 Å². The van der Waals surface area contributed by atoms with Crippen LogP contribution >= 0.6 is 0 Å². The molecule has 3 rings (SSSR count). The molecule has 0 saturated carbocycles. The van der Waals surface area contributed by atoms with Crippen molar-refractivity contribution in [3.8, 4) is 0 Å². The summed E-state index contributed by atoms with van der Waals surface area (Å²) in [5.41, 5.74) is -0.518. The highest BCUT2D eigenvalue weighted by molar-refractivity contribution is 6.13. The van der Waals surface area contributed by atoms with Crippen LogP contribution in [-0.2, 0) is 6.18 Å². The van der Waals surface area contributed by atoms with E-state index < -0.39 is 22.6 Å². The number of non-ortho nitro benzene ring substituents is 1. The Bertz CT molecular complexity index is 979. The van der Waals surface area contributed by atoms with Gasteiger partial charge in [-0.2, -0.15) is 13.2 Å². The highest BCUT2D eigenvalue weighted by Crippen LogP contribution is 2.31. The van der Waals surface area contributed by atoms with Crippen LogP contribution in [-0.4, -0.2) is 15.8 Å². The van der Waals surface area contributed by atoms with Crippen molar-refractivity contribution in [3.05, 3.63) is 69.9 Å². The number of nitrogens with one attached hydrogen (secondary N) is 2. The van der Waals surface area contributed by atoms with Gasteiger partial charge in [0.2, 0.25) is 0 Å². The topological polar surface area (TPSA) is 88.0 Å². The number of carbonyl (C=O) groups excluding carboxylic acids is 1. The number of aromatic nitrogens is 1. The van der Waals surface area contributed by atoms with Crippen molar-refractivity contribution in [2.24, 2.45) is 0 Å². The van der Waals surface area contributed by atoms with Gasteiger partial charge in [0.15, 0.2) is 0 Å². The van der Waals surface area contributed by atoms with Gasteiger partial charge in [0.25, 0.3) is 11.6 Å². The van der Waals surface area contributed by atoms with E-state index in [0.29, 0.717) is 10.9 Å². The number of hydrogen-bond donors (Lipinski definition) is 2. The van der Waals surface area contributed by atoms with Gasteiger partial charge in [0, 0.05) is 34.9 Å². The fraction of sp³-hybridized carbons (Fsp3) is 0.0625. The molecule has 2 aromatic carbocycles. The molecule has 128 valence electrons. The third-order valence-corrected chi connectivity index (χ3v) is 3.57. The van der Waals surface area contributed by atoms with Crippen molar-refractivity contribution in [1.82, 2.24) is 4.98 Å². The van der Waals surface area contributed by atoms with Crippen molar-refractivity contribution >= 4 is 28.2 Å². The Morgan fingerprint density at radius 2 is 1.92 bits per heavy atom. The Kier molecular flexibility index (Phi) is 3.91. The maximum absolute atomic E-state index is 12.7. The van der Waals surface area contributed by atoms with E-state index >= 15 is 0 Å². The molecule has 2 N–H and O–H groups in total. The minimum Gasteiger partial charge on any atom is -0.360 e. The summed E-state index contributed by atoms with van der Waals surface area (Å²) in [7, 11) is 0. The normalized spacial score (nSPS) is 11.5. The quantitative estimate of drug-likeness (QED) is 0.544. The fourth-order valence-electron chi connectivity index (χ4n) is 2.38. The number of hydrogen-bond acceptors (Lipinski definition) is 3. The molecule has 0 atom stereocenters. The summed E-state index contributed by atoms with van der Waals surface area (Å²) in [6.45, 7) is 0. The number of fused-ring (bicyclic) bond motifs is 1. The van der Waals surface area contributed by atoms with Gasteiger partial charge in [0.1, 0.15) is 0 Å². The average Bonchev–Trinajstić information content (AvgIpc) is 2.97. The minimum atomic E-state index is -4.53. The Morgan fingerprint density at radius 1 is 1.16 bits per heavy atom. The van der Waals surface area contributed by atoms with E-state index in [1.54, 1.807) is 0 Å². The third kappa shape index (κ3) is 3.30. The number of amides is 1. The molecule has 1 aromatic heterocycles. The SMILES string of the molecule is O=C(Nc1cccc(C(F)(F)F)c1)c1c[nH]c2ccc([N+](=O)[O-])cc12. The Labute approximate surface area is 138 Å². The summed E-state index contributed by atoms with van der Waals surface area (Å²) in [6.07, 6.45) is -3.18. The molecule has 0 saturated heterocycles. The minimum absolute atomic E-state index is 0.0281. The van der Waals surface area contributed by atoms with Gasteiger partial charge in [-0.15, -0.1) is 0 Å². The van der Waals surface area contributed by atoms with Crippen LogP contribution < -0.4 is 5.32 Å². The lowest BCUT2D eigenvalue weighted by atomic mass is 10.1. The van der Waals surface area contributed by atoms with E-state index in [-0.39, 0.29) is 16.9 Å². The smallest absolute Gasteiger partial charge is 0.360 e. The second-order valence-electron chi connectivity index (χ2n) is 5.22. The molecule has 0 aliphatic carbocycles. The van der Waals surface area contributed by atoms with Crippen LogP contribution in [0.3, 0.4) is 0 Å². The summed E-state index contributed by atoms with van der Waals surface area (Å²) in [4.78, 5) is 25.4. The number of halogens is 3. The molecule has 0 bridgehead atoms. The van der Waals surface area contributed by atoms with Gasteiger partial charge in [-0.05, 0) is 24.3 Å². The van der Waals surface area contributed by atoms with Crippen LogP contribution in [0.4, 0.5) is 24.5 Å². The molecule has 3 aromatic rings. The van der Waals surface area contributed by atoms with Crippen LogP contribution in [0.2, 0.25) is 0 Å². The number of nitrogens with zero attached hydrogens (tertiary/aromatic N) is 1. The zero-order valence-corrected chi connectivity index (χ0v) is 12.4. The molecule has 6 nitrogen and oxygen atoms in total. The van der Waals surface area contributed by atoms with Crippen LogP contribution in [0, 0.1) is 10.1 Å². The number of nitro benzene ring substituents is 1. The molecule has 1 heterocycles. The van der Waals surface area contributed by atoms with Crippen LogP contribution in [0.15, 0.2) is 48.7 Å². The predicted octanol–water partition coefficient (Wildman–Crippen LogP) is 4.35. The second-order valence-corrected chi connectivity index (χ2v) is 5.22. The first-order chi connectivity index (χ1) is 11.8. The zero-order chi connectivity index (χ0) is 18.2. The van der Waals surface area contributed by atoms with Crippen LogP contribution in [0.5, 0.6) is 0 Å². The first-order valence-corrected chi connectivity index (χ1v) is 7.00. The van der Waals surface area contributed by atoms with Gasteiger partial charge >= 0.3 is 6.18 Å². The molecular formula is C16H10F3N3O3. The lowest BCUT2D eigenvalue weighted by Gasteiger charge is -2.09. The molecule has 0 spiro atoms. The van der Waals surface area contributed by atoms with Crippen LogP contribution in [0.25, 0.3) is 10.9 Å². The van der Waals surface area contributed by atoms with E-state index in [1.165, 1.54) is 36.5 Å². The Balaban J connectivity index is 1.93. The average molecular weight is 349 g/mol. The number of anilines is 1. The first-order valence-electron chi connectivity index (χ1n) is 7.00. The molecule has 0 aliphatic heterocycles. The number of nitro groups is 1. The molecule has 0 radical (unpaired) electrons. The van der Waals surface area contributed by atoms with Crippen molar-refractivity contribution in [2.75, 3.05) is 5.32 Å². The molecule has 1 amide bonds. The molecule has 9 heteroatoms. The van der Waals surface area contributed by atoms with Crippen molar-refractivity contribution in [3.63, 3.8) is 0 Å². The number of aromatic amines is 1. The summed E-state index contributed by atoms with van der Waals surface area (Å²) in [5, 5.41) is 13.5. The number of carbonyl (C=O) groups is 1. The lowest BCUT2D eigenvalue weighted by molar-refractivity contribution is -0.384. The van der Waals surface area contributed by atoms with E-state index in [2.05, 4.69) is 10.3 Å². The van der Waals surface area contributed by atoms with Crippen molar-refractivity contribution < 1.29 is 22.9 Å². The van der Waals surface area contributed by atoms with Gasteiger partial charge in [-0.25, -0.2) is 0 Å². The summed E-state index contributed by atoms with van der Waals surface area (Å²) >= 11 is 0. The largest absolute Gasteiger partial charge is 0.416 e. The summed E-state index contributed by atoms with van der Waals surface area (Å²) in [5.74, 6) is -0.675. The molecule has 0 unspecified atom stereocenters. The molecule has 0 fully saturated rings. The third-order valence-electron chi connectivity index (χ3n) is 3.57. The van der Waals surface area contributed by atoms with Gasteiger partial charge in [-0.1, -0.05) is 6.07 Å². The zero-order valence-electron chi connectivity index (χ0n) is 12.4. The predicted molar refractivity (Wildman–Crippen MR) is 84.4 cm³/mol. The standard InChI is InChI=1S/C16H10F3N3O3/c17-16(18,19)9-2-1-3-10(6-9)21-15(23)13-8-20-14-5-4-11(22(24)25)7-12(13)14/h1-8,20H,(H,21,23). The number of benzene rings is 2. The number of H-pyrrole nitrogens is 1. The maximum Gasteiger partial charge on any atom is 0.416 e. The van der Waals surface area contributed by atoms with Crippen molar-refractivity contribution in [1.29, 1.82) is 0 Å². The first kappa shape index (κ1) is 16.5. The highest BCUT2D eigenvalue weighted by Gasteiger charge is 2.30. The number of alkyl halides is 3. The molecule has 25 heavy (non-hydrogen) atoms.